The Morgan fingerprint density at radius 2 is 1.96 bits per heavy atom. The maximum absolute atomic E-state index is 12.7. The first-order chi connectivity index (χ1) is 12.3. The van der Waals surface area contributed by atoms with Gasteiger partial charge < -0.3 is 9.64 Å². The number of likely N-dealkylation sites (tertiary alicyclic amines) is 1. The van der Waals surface area contributed by atoms with Gasteiger partial charge in [-0.1, -0.05) is 36.4 Å². The van der Waals surface area contributed by atoms with E-state index in [2.05, 4.69) is 17.1 Å². The summed E-state index contributed by atoms with van der Waals surface area (Å²) in [4.78, 5) is 19.1. The van der Waals surface area contributed by atoms with Crippen LogP contribution in [0, 0.1) is 0 Å². The van der Waals surface area contributed by atoms with Crippen molar-refractivity contribution < 1.29 is 9.53 Å². The number of piperidine rings is 1. The molecule has 1 aromatic heterocycles. The molecule has 1 saturated heterocycles. The average Bonchev–Trinajstić information content (AvgIpc) is 2.69. The third-order valence-corrected chi connectivity index (χ3v) is 4.64. The minimum Gasteiger partial charge on any atom is -0.377 e. The molecule has 0 bridgehead atoms. The lowest BCUT2D eigenvalue weighted by Crippen LogP contribution is -2.38. The van der Waals surface area contributed by atoms with Crippen LogP contribution in [0.1, 0.15) is 49.4 Å². The van der Waals surface area contributed by atoms with Gasteiger partial charge in [0.1, 0.15) is 0 Å². The van der Waals surface area contributed by atoms with Crippen LogP contribution < -0.4 is 0 Å². The molecule has 25 heavy (non-hydrogen) atoms. The molecule has 132 valence electrons. The minimum atomic E-state index is 0.132. The number of nitrogens with zero attached hydrogens (tertiary/aromatic N) is 2. The Bertz CT molecular complexity index is 645. The van der Waals surface area contributed by atoms with Crippen molar-refractivity contribution in [1.82, 2.24) is 9.88 Å². The van der Waals surface area contributed by atoms with Gasteiger partial charge in [-0.05, 0) is 43.4 Å². The highest BCUT2D eigenvalue weighted by Crippen LogP contribution is 2.30. The van der Waals surface area contributed by atoms with E-state index in [9.17, 15) is 4.79 Å². The molecule has 4 nitrogen and oxygen atoms in total. The number of rotatable bonds is 7. The first-order valence-electron chi connectivity index (χ1n) is 9.16. The molecule has 1 unspecified atom stereocenters. The summed E-state index contributed by atoms with van der Waals surface area (Å²) in [5, 5.41) is 0. The first-order valence-corrected chi connectivity index (χ1v) is 9.16. The van der Waals surface area contributed by atoms with Gasteiger partial charge in [0.25, 0.3) is 0 Å². The van der Waals surface area contributed by atoms with Crippen LogP contribution >= 0.6 is 0 Å². The maximum Gasteiger partial charge on any atom is 0.223 e. The average molecular weight is 338 g/mol. The molecule has 0 saturated carbocycles. The van der Waals surface area contributed by atoms with Gasteiger partial charge in [-0.2, -0.15) is 0 Å². The largest absolute Gasteiger partial charge is 0.377 e. The topological polar surface area (TPSA) is 42.4 Å². The van der Waals surface area contributed by atoms with Crippen molar-refractivity contribution >= 4 is 5.91 Å². The summed E-state index contributed by atoms with van der Waals surface area (Å²) < 4.78 is 5.69. The molecule has 1 amide bonds. The highest BCUT2D eigenvalue weighted by Gasteiger charge is 2.28. The minimum absolute atomic E-state index is 0.132. The van der Waals surface area contributed by atoms with Gasteiger partial charge in [-0.3, -0.25) is 9.78 Å². The standard InChI is InChI=1S/C21H26N2O2/c24-21(13-8-16-25-17-18-9-2-1-3-10-18)23-15-7-5-12-20(23)19-11-4-6-14-22-19/h1-4,6,9-11,14,20H,5,7-8,12-13,15-17H2. The predicted molar refractivity (Wildman–Crippen MR) is 97.9 cm³/mol. The number of hydrogen-bond donors (Lipinski definition) is 0. The van der Waals surface area contributed by atoms with Crippen LogP contribution in [0.5, 0.6) is 0 Å². The summed E-state index contributed by atoms with van der Waals surface area (Å²) in [5.41, 5.74) is 2.18. The molecular weight excluding hydrogens is 312 g/mol. The Labute approximate surface area is 149 Å². The molecule has 2 aromatic rings. The molecule has 1 atom stereocenters. The number of aromatic nitrogens is 1. The van der Waals surface area contributed by atoms with Gasteiger partial charge in [0.05, 0.1) is 18.3 Å². The van der Waals surface area contributed by atoms with Crippen LogP contribution in [0.2, 0.25) is 0 Å². The Morgan fingerprint density at radius 1 is 1.12 bits per heavy atom. The van der Waals surface area contributed by atoms with Gasteiger partial charge >= 0.3 is 0 Å². The summed E-state index contributed by atoms with van der Waals surface area (Å²) in [6.07, 6.45) is 6.36. The number of benzene rings is 1. The first kappa shape index (κ1) is 17.6. The number of carbonyl (C=O) groups excluding carboxylic acids is 1. The van der Waals surface area contributed by atoms with Crippen molar-refractivity contribution in [1.29, 1.82) is 0 Å². The van der Waals surface area contributed by atoms with E-state index in [0.717, 1.165) is 37.9 Å². The van der Waals surface area contributed by atoms with E-state index < -0.39 is 0 Å². The second kappa shape index (κ2) is 9.33. The molecule has 1 aliphatic heterocycles. The summed E-state index contributed by atoms with van der Waals surface area (Å²) in [6.45, 7) is 2.06. The second-order valence-corrected chi connectivity index (χ2v) is 6.50. The van der Waals surface area contributed by atoms with Crippen molar-refractivity contribution in [2.24, 2.45) is 0 Å². The lowest BCUT2D eigenvalue weighted by molar-refractivity contribution is -0.135. The third-order valence-electron chi connectivity index (χ3n) is 4.64. The molecule has 1 fully saturated rings. The van der Waals surface area contributed by atoms with Gasteiger partial charge in [-0.25, -0.2) is 0 Å². The summed E-state index contributed by atoms with van der Waals surface area (Å²) in [5.74, 6) is 0.221. The van der Waals surface area contributed by atoms with E-state index in [1.807, 2.05) is 47.5 Å². The quantitative estimate of drug-likeness (QED) is 0.713. The normalized spacial score (nSPS) is 17.4. The van der Waals surface area contributed by atoms with E-state index >= 15 is 0 Å². The second-order valence-electron chi connectivity index (χ2n) is 6.50. The lowest BCUT2D eigenvalue weighted by atomic mass is 9.98. The molecule has 3 rings (SSSR count). The van der Waals surface area contributed by atoms with Crippen LogP contribution in [-0.2, 0) is 16.1 Å². The molecule has 0 radical (unpaired) electrons. The summed E-state index contributed by atoms with van der Waals surface area (Å²) in [6, 6.07) is 16.2. The van der Waals surface area contributed by atoms with Gasteiger partial charge in [-0.15, -0.1) is 0 Å². The van der Waals surface area contributed by atoms with Crippen molar-refractivity contribution in [3.8, 4) is 0 Å². The zero-order chi connectivity index (χ0) is 17.3. The van der Waals surface area contributed by atoms with E-state index in [4.69, 9.17) is 4.74 Å². The highest BCUT2D eigenvalue weighted by atomic mass is 16.5. The van der Waals surface area contributed by atoms with Crippen LogP contribution in [0.15, 0.2) is 54.7 Å². The monoisotopic (exact) mass is 338 g/mol. The van der Waals surface area contributed by atoms with Crippen molar-refractivity contribution in [3.63, 3.8) is 0 Å². The summed E-state index contributed by atoms with van der Waals surface area (Å²) in [7, 11) is 0. The van der Waals surface area contributed by atoms with Crippen LogP contribution in [0.4, 0.5) is 0 Å². The Hall–Kier alpha value is -2.20. The van der Waals surface area contributed by atoms with Crippen LogP contribution in [-0.4, -0.2) is 28.9 Å². The fourth-order valence-electron chi connectivity index (χ4n) is 3.34. The zero-order valence-corrected chi connectivity index (χ0v) is 14.6. The SMILES string of the molecule is O=C(CCCOCc1ccccc1)N1CCCCC1c1ccccn1. The van der Waals surface area contributed by atoms with E-state index in [-0.39, 0.29) is 11.9 Å². The number of hydrogen-bond acceptors (Lipinski definition) is 3. The number of amides is 1. The fourth-order valence-corrected chi connectivity index (χ4v) is 3.34. The predicted octanol–water partition coefficient (Wildman–Crippen LogP) is 4.13. The smallest absolute Gasteiger partial charge is 0.223 e. The molecule has 4 heteroatoms. The molecule has 0 aliphatic carbocycles. The van der Waals surface area contributed by atoms with Gasteiger partial charge in [0, 0.05) is 25.8 Å². The Morgan fingerprint density at radius 3 is 2.76 bits per heavy atom. The molecule has 0 N–H and O–H groups in total. The van der Waals surface area contributed by atoms with Crippen molar-refractivity contribution in [2.75, 3.05) is 13.2 Å². The van der Waals surface area contributed by atoms with Crippen LogP contribution in [0.3, 0.4) is 0 Å². The molecule has 0 spiro atoms. The van der Waals surface area contributed by atoms with Gasteiger partial charge in [0.2, 0.25) is 5.91 Å². The third kappa shape index (κ3) is 5.13. The van der Waals surface area contributed by atoms with Crippen molar-refractivity contribution in [3.05, 3.63) is 66.0 Å². The molecule has 1 aromatic carbocycles. The number of carbonyl (C=O) groups is 1. The van der Waals surface area contributed by atoms with Crippen molar-refractivity contribution in [2.45, 2.75) is 44.8 Å². The Balaban J connectivity index is 1.45. The highest BCUT2D eigenvalue weighted by molar-refractivity contribution is 5.76. The molecule has 2 heterocycles. The maximum atomic E-state index is 12.7. The summed E-state index contributed by atoms with van der Waals surface area (Å²) >= 11 is 0. The van der Waals surface area contributed by atoms with Gasteiger partial charge in [0.15, 0.2) is 0 Å². The zero-order valence-electron chi connectivity index (χ0n) is 14.6. The fraction of sp³-hybridized carbons (Fsp3) is 0.429. The molecule has 1 aliphatic rings. The number of pyridine rings is 1. The van der Waals surface area contributed by atoms with Crippen LogP contribution in [0.25, 0.3) is 0 Å². The van der Waals surface area contributed by atoms with E-state index in [1.54, 1.807) is 0 Å². The van der Waals surface area contributed by atoms with E-state index in [0.29, 0.717) is 19.6 Å². The van der Waals surface area contributed by atoms with E-state index in [1.165, 1.54) is 5.56 Å². The Kier molecular flexibility index (Phi) is 6.57. The lowest BCUT2D eigenvalue weighted by Gasteiger charge is -2.35. The number of ether oxygens (including phenoxy) is 1. The molecular formula is C21H26N2O2.